The number of aromatic nitrogens is 3. The summed E-state index contributed by atoms with van der Waals surface area (Å²) in [6.07, 6.45) is -0.965. The Balaban J connectivity index is 2.42. The van der Waals surface area contributed by atoms with Crippen LogP contribution in [-0.4, -0.2) is 52.4 Å². The molecule has 1 aromatic heterocycles. The first-order chi connectivity index (χ1) is 8.02. The van der Waals surface area contributed by atoms with Crippen molar-refractivity contribution in [2.75, 3.05) is 20.1 Å². The van der Waals surface area contributed by atoms with Crippen LogP contribution in [0.1, 0.15) is 10.5 Å². The molecule has 1 aromatic rings. The number of nitrogens with one attached hydrogen (secondary N) is 1. The molecule has 0 aliphatic heterocycles. The number of hydrogen-bond acceptors (Lipinski definition) is 5. The largest absolute Gasteiger partial charge is 0.299 e. The lowest BCUT2D eigenvalue weighted by molar-refractivity contribution is 0.0948. The number of rotatable bonds is 6. The van der Waals surface area contributed by atoms with Gasteiger partial charge in [-0.05, 0) is 7.05 Å². The van der Waals surface area contributed by atoms with Crippen LogP contribution in [0.25, 0.3) is 0 Å². The van der Waals surface area contributed by atoms with E-state index >= 15 is 0 Å². The number of nitrogen functional groups attached to an aromatic ring is 1. The van der Waals surface area contributed by atoms with Crippen molar-refractivity contribution in [1.82, 2.24) is 25.3 Å². The van der Waals surface area contributed by atoms with E-state index in [4.69, 9.17) is 5.84 Å². The van der Waals surface area contributed by atoms with Gasteiger partial charge in [-0.1, -0.05) is 5.21 Å². The molecule has 1 heterocycles. The number of hydrogen-bond donors (Lipinski definition) is 2. The van der Waals surface area contributed by atoms with Gasteiger partial charge in [-0.25, -0.2) is 14.6 Å². The molecule has 7 nitrogen and oxygen atoms in total. The predicted molar refractivity (Wildman–Crippen MR) is 55.2 cm³/mol. The molecule has 9 heteroatoms. The zero-order valence-electron chi connectivity index (χ0n) is 9.31. The summed E-state index contributed by atoms with van der Waals surface area (Å²) in [4.78, 5) is 12.5. The van der Waals surface area contributed by atoms with Gasteiger partial charge in [0.15, 0.2) is 5.69 Å². The predicted octanol–water partition coefficient (Wildman–Crippen LogP) is -0.921. The second kappa shape index (κ2) is 6.21. The molecule has 0 fully saturated rings. The molecule has 0 saturated carbocycles. The Hall–Kier alpha value is -1.61. The first-order valence-corrected chi connectivity index (χ1v) is 4.90. The van der Waals surface area contributed by atoms with Crippen LogP contribution >= 0.6 is 0 Å². The van der Waals surface area contributed by atoms with Crippen LogP contribution in [0.2, 0.25) is 0 Å². The summed E-state index contributed by atoms with van der Waals surface area (Å²) in [5.41, 5.74) is 2.01. The molecule has 0 aliphatic rings. The zero-order valence-corrected chi connectivity index (χ0v) is 9.31. The lowest BCUT2D eigenvalue weighted by Gasteiger charge is -2.15. The third-order valence-electron chi connectivity index (χ3n) is 2.06. The summed E-state index contributed by atoms with van der Waals surface area (Å²) >= 11 is 0. The van der Waals surface area contributed by atoms with E-state index in [2.05, 4.69) is 10.3 Å². The Morgan fingerprint density at radius 2 is 2.41 bits per heavy atom. The van der Waals surface area contributed by atoms with Crippen molar-refractivity contribution in [2.45, 2.75) is 13.0 Å². The fourth-order valence-electron chi connectivity index (χ4n) is 1.19. The zero-order chi connectivity index (χ0) is 12.8. The number of carbonyl (C=O) groups is 1. The maximum absolute atomic E-state index is 12.0. The second-order valence-electron chi connectivity index (χ2n) is 3.49. The third kappa shape index (κ3) is 4.41. The average Bonchev–Trinajstić information content (AvgIpc) is 2.73. The van der Waals surface area contributed by atoms with Gasteiger partial charge in [0.1, 0.15) is 0 Å². The first kappa shape index (κ1) is 13.5. The Labute approximate surface area is 96.5 Å². The number of nitrogens with two attached hydrogens (primary N) is 1. The Morgan fingerprint density at radius 1 is 1.71 bits per heavy atom. The molecular formula is C8H14F2N6O. The number of nitrogens with zero attached hydrogens (tertiary/aromatic N) is 4. The van der Waals surface area contributed by atoms with Crippen LogP contribution in [0.5, 0.6) is 0 Å². The number of alkyl halides is 2. The van der Waals surface area contributed by atoms with Gasteiger partial charge in [0.2, 0.25) is 0 Å². The smallest absolute Gasteiger partial charge is 0.287 e. The molecule has 1 amide bonds. The molecule has 1 rings (SSSR count). The highest BCUT2D eigenvalue weighted by Crippen LogP contribution is 1.97. The van der Waals surface area contributed by atoms with Crippen molar-refractivity contribution < 1.29 is 13.6 Å². The van der Waals surface area contributed by atoms with Crippen LogP contribution in [0.4, 0.5) is 8.78 Å². The van der Waals surface area contributed by atoms with Crippen molar-refractivity contribution in [3.63, 3.8) is 0 Å². The first-order valence-electron chi connectivity index (χ1n) is 4.90. The van der Waals surface area contributed by atoms with Gasteiger partial charge in [0.05, 0.1) is 19.3 Å². The van der Waals surface area contributed by atoms with Gasteiger partial charge >= 0.3 is 0 Å². The lowest BCUT2D eigenvalue weighted by atomic mass is 10.4. The fourth-order valence-corrected chi connectivity index (χ4v) is 1.19. The van der Waals surface area contributed by atoms with E-state index in [9.17, 15) is 13.6 Å². The SMILES string of the molecule is CN(CCn1cc(C(=O)NN)nn1)CC(F)F. The summed E-state index contributed by atoms with van der Waals surface area (Å²) in [5.74, 6) is 4.38. The normalized spacial score (nSPS) is 11.2. The van der Waals surface area contributed by atoms with Crippen molar-refractivity contribution >= 4 is 5.91 Å². The molecule has 0 aliphatic carbocycles. The molecule has 3 N–H and O–H groups in total. The molecule has 0 atom stereocenters. The second-order valence-corrected chi connectivity index (χ2v) is 3.49. The van der Waals surface area contributed by atoms with E-state index in [0.29, 0.717) is 13.1 Å². The molecule has 0 unspecified atom stereocenters. The maximum Gasteiger partial charge on any atom is 0.287 e. The number of halogens is 2. The minimum Gasteiger partial charge on any atom is -0.299 e. The highest BCUT2D eigenvalue weighted by molar-refractivity contribution is 5.91. The van der Waals surface area contributed by atoms with Crippen LogP contribution in [0, 0.1) is 0 Å². The van der Waals surface area contributed by atoms with Crippen molar-refractivity contribution in [1.29, 1.82) is 0 Å². The Kier molecular flexibility index (Phi) is 4.91. The lowest BCUT2D eigenvalue weighted by Crippen LogP contribution is -2.30. The van der Waals surface area contributed by atoms with E-state index in [0.717, 1.165) is 0 Å². The van der Waals surface area contributed by atoms with Crippen LogP contribution in [-0.2, 0) is 6.54 Å². The van der Waals surface area contributed by atoms with Gasteiger partial charge in [-0.15, -0.1) is 5.10 Å². The van der Waals surface area contributed by atoms with E-state index in [1.54, 1.807) is 7.05 Å². The van der Waals surface area contributed by atoms with Crippen molar-refractivity contribution in [3.05, 3.63) is 11.9 Å². The van der Waals surface area contributed by atoms with E-state index < -0.39 is 12.3 Å². The highest BCUT2D eigenvalue weighted by atomic mass is 19.3. The molecule has 0 aromatic carbocycles. The minimum atomic E-state index is -2.37. The fraction of sp³-hybridized carbons (Fsp3) is 0.625. The summed E-state index contributed by atoms with van der Waals surface area (Å²) in [5, 5.41) is 7.25. The number of amides is 1. The minimum absolute atomic E-state index is 0.0870. The van der Waals surface area contributed by atoms with Gasteiger partial charge in [-0.2, -0.15) is 0 Å². The monoisotopic (exact) mass is 248 g/mol. The summed E-state index contributed by atoms with van der Waals surface area (Å²) in [6, 6.07) is 0. The molecule has 0 radical (unpaired) electrons. The van der Waals surface area contributed by atoms with Gasteiger partial charge in [-0.3, -0.25) is 19.8 Å². The van der Waals surface area contributed by atoms with Crippen LogP contribution < -0.4 is 11.3 Å². The molecule has 0 saturated heterocycles. The molecule has 0 bridgehead atoms. The average molecular weight is 248 g/mol. The van der Waals surface area contributed by atoms with Crippen LogP contribution in [0.3, 0.4) is 0 Å². The highest BCUT2D eigenvalue weighted by Gasteiger charge is 2.10. The van der Waals surface area contributed by atoms with Crippen molar-refractivity contribution in [3.8, 4) is 0 Å². The maximum atomic E-state index is 12.0. The molecule has 0 spiro atoms. The summed E-state index contributed by atoms with van der Waals surface area (Å²) in [7, 11) is 1.58. The Morgan fingerprint density at radius 3 is 3.00 bits per heavy atom. The van der Waals surface area contributed by atoms with Gasteiger partial charge < -0.3 is 0 Å². The Bertz CT molecular complexity index is 369. The number of likely N-dealkylation sites (N-methyl/N-ethyl adjacent to an activating group) is 1. The van der Waals surface area contributed by atoms with E-state index in [-0.39, 0.29) is 12.2 Å². The quantitative estimate of drug-likeness (QED) is 0.386. The standard InChI is InChI=1S/C8H14F2N6O/c1-15(5-7(9)10)2-3-16-4-6(13-14-16)8(17)12-11/h4,7H,2-3,5,11H2,1H3,(H,12,17). The summed E-state index contributed by atoms with van der Waals surface area (Å²) < 4.78 is 25.4. The van der Waals surface area contributed by atoms with Gasteiger partial charge in [0.25, 0.3) is 12.3 Å². The molecule has 17 heavy (non-hydrogen) atoms. The summed E-state index contributed by atoms with van der Waals surface area (Å²) in [6.45, 7) is 0.455. The third-order valence-corrected chi connectivity index (χ3v) is 2.06. The number of carbonyl (C=O) groups excluding carboxylic acids is 1. The van der Waals surface area contributed by atoms with Crippen molar-refractivity contribution in [2.24, 2.45) is 5.84 Å². The topological polar surface area (TPSA) is 89.1 Å². The van der Waals surface area contributed by atoms with E-state index in [1.807, 2.05) is 5.43 Å². The molecule has 96 valence electrons. The van der Waals surface area contributed by atoms with Gasteiger partial charge in [0, 0.05) is 6.54 Å². The number of hydrazine groups is 1. The van der Waals surface area contributed by atoms with E-state index in [1.165, 1.54) is 15.8 Å². The molecular weight excluding hydrogens is 234 g/mol. The van der Waals surface area contributed by atoms with Crippen LogP contribution in [0.15, 0.2) is 6.20 Å².